The van der Waals surface area contributed by atoms with Crippen LogP contribution in [-0.4, -0.2) is 36.5 Å². The zero-order chi connectivity index (χ0) is 14.6. The zero-order valence-electron chi connectivity index (χ0n) is 11.2. The molecule has 0 radical (unpaired) electrons. The fourth-order valence-corrected chi connectivity index (χ4v) is 2.81. The molecule has 6 heteroatoms. The van der Waals surface area contributed by atoms with E-state index in [1.165, 1.54) is 12.1 Å². The molecule has 0 fully saturated rings. The summed E-state index contributed by atoms with van der Waals surface area (Å²) in [4.78, 5) is 0.152. The third-order valence-electron chi connectivity index (χ3n) is 2.98. The van der Waals surface area contributed by atoms with Crippen LogP contribution < -0.4 is 5.73 Å². The molecule has 0 spiro atoms. The van der Waals surface area contributed by atoms with Gasteiger partial charge in [-0.25, -0.2) is 8.42 Å². The van der Waals surface area contributed by atoms with Crippen LogP contribution in [0.5, 0.6) is 0 Å². The minimum atomic E-state index is -3.39. The summed E-state index contributed by atoms with van der Waals surface area (Å²) in [5, 5.41) is 19.1. The van der Waals surface area contributed by atoms with Crippen LogP contribution >= 0.6 is 0 Å². The van der Waals surface area contributed by atoms with Crippen molar-refractivity contribution in [3.05, 3.63) is 29.8 Å². The molecule has 0 aliphatic rings. The van der Waals surface area contributed by atoms with Crippen molar-refractivity contribution in [2.75, 3.05) is 6.54 Å². The molecule has 2 unspecified atom stereocenters. The van der Waals surface area contributed by atoms with Crippen molar-refractivity contribution in [3.8, 4) is 0 Å². The van der Waals surface area contributed by atoms with Crippen LogP contribution in [0.15, 0.2) is 29.2 Å². The van der Waals surface area contributed by atoms with E-state index in [2.05, 4.69) is 0 Å². The average molecular weight is 287 g/mol. The van der Waals surface area contributed by atoms with Crippen LogP contribution in [0.2, 0.25) is 0 Å². The maximum atomic E-state index is 12.0. The first kappa shape index (κ1) is 16.1. The highest BCUT2D eigenvalue weighted by molar-refractivity contribution is 7.92. The second-order valence-electron chi connectivity index (χ2n) is 4.76. The number of benzene rings is 1. The minimum absolute atomic E-state index is 0.152. The van der Waals surface area contributed by atoms with Gasteiger partial charge in [0, 0.05) is 0 Å². The van der Waals surface area contributed by atoms with Crippen molar-refractivity contribution in [2.45, 2.75) is 42.6 Å². The highest BCUT2D eigenvalue weighted by Gasteiger charge is 2.22. The van der Waals surface area contributed by atoms with Crippen LogP contribution in [-0.2, 0) is 9.84 Å². The van der Waals surface area contributed by atoms with E-state index in [1.54, 1.807) is 26.0 Å². The van der Waals surface area contributed by atoms with E-state index in [0.29, 0.717) is 5.56 Å². The van der Waals surface area contributed by atoms with Gasteiger partial charge in [0.05, 0.1) is 16.2 Å². The molecule has 4 N–H and O–H groups in total. The fraction of sp³-hybridized carbons (Fsp3) is 0.538. The van der Waals surface area contributed by atoms with Crippen molar-refractivity contribution in [1.29, 1.82) is 0 Å². The molecule has 108 valence electrons. The molecule has 1 aromatic carbocycles. The highest BCUT2D eigenvalue weighted by Crippen LogP contribution is 2.23. The zero-order valence-corrected chi connectivity index (χ0v) is 12.0. The van der Waals surface area contributed by atoms with Gasteiger partial charge in [-0.3, -0.25) is 0 Å². The number of aliphatic hydroxyl groups is 2. The van der Waals surface area contributed by atoms with E-state index < -0.39 is 27.3 Å². The third kappa shape index (κ3) is 3.76. The van der Waals surface area contributed by atoms with Crippen LogP contribution in [0.4, 0.5) is 0 Å². The summed E-state index contributed by atoms with van der Waals surface area (Å²) in [5.41, 5.74) is 5.69. The van der Waals surface area contributed by atoms with Crippen molar-refractivity contribution >= 4 is 9.84 Å². The Morgan fingerprint density at radius 1 is 1.26 bits per heavy atom. The van der Waals surface area contributed by atoms with E-state index in [1.807, 2.05) is 0 Å². The van der Waals surface area contributed by atoms with Crippen molar-refractivity contribution in [3.63, 3.8) is 0 Å². The Kier molecular flexibility index (Phi) is 5.49. The molecular weight excluding hydrogens is 266 g/mol. The monoisotopic (exact) mass is 287 g/mol. The number of hydrogen-bond donors (Lipinski definition) is 3. The predicted octanol–water partition coefficient (Wildman–Crippen LogP) is 0.612. The van der Waals surface area contributed by atoms with Gasteiger partial charge in [-0.2, -0.15) is 0 Å². The molecule has 0 saturated heterocycles. The summed E-state index contributed by atoms with van der Waals surface area (Å²) in [6.45, 7) is 3.45. The Hall–Kier alpha value is -0.950. The van der Waals surface area contributed by atoms with Crippen molar-refractivity contribution in [2.24, 2.45) is 5.73 Å². The van der Waals surface area contributed by atoms with Gasteiger partial charge in [0.25, 0.3) is 0 Å². The molecule has 2 atom stereocenters. The van der Waals surface area contributed by atoms with Gasteiger partial charge in [0.2, 0.25) is 0 Å². The van der Waals surface area contributed by atoms with Crippen molar-refractivity contribution < 1.29 is 18.6 Å². The average Bonchev–Trinajstić information content (AvgIpc) is 2.38. The van der Waals surface area contributed by atoms with E-state index in [4.69, 9.17) is 5.73 Å². The molecule has 0 aliphatic heterocycles. The largest absolute Gasteiger partial charge is 0.390 e. The standard InChI is InChI=1S/C13H21NO4S/c1-9(2)19(17,18)11-5-3-4-10(8-11)13(16)12(15)6-7-14/h3-5,8-9,12-13,15-16H,6-7,14H2,1-2H3. The smallest absolute Gasteiger partial charge is 0.180 e. The molecule has 0 saturated carbocycles. The highest BCUT2D eigenvalue weighted by atomic mass is 32.2. The fourth-order valence-electron chi connectivity index (χ4n) is 1.70. The second-order valence-corrected chi connectivity index (χ2v) is 7.26. The Balaban J connectivity index is 3.08. The van der Waals surface area contributed by atoms with Gasteiger partial charge >= 0.3 is 0 Å². The maximum Gasteiger partial charge on any atom is 0.180 e. The van der Waals surface area contributed by atoms with Crippen molar-refractivity contribution in [1.82, 2.24) is 0 Å². The first-order valence-corrected chi connectivity index (χ1v) is 7.75. The summed E-state index contributed by atoms with van der Waals surface area (Å²) in [6, 6.07) is 6.04. The molecule has 1 rings (SSSR count). The molecule has 19 heavy (non-hydrogen) atoms. The Labute approximate surface area is 114 Å². The lowest BCUT2D eigenvalue weighted by Gasteiger charge is -2.18. The predicted molar refractivity (Wildman–Crippen MR) is 73.4 cm³/mol. The first-order chi connectivity index (χ1) is 8.80. The van der Waals surface area contributed by atoms with Gasteiger partial charge < -0.3 is 15.9 Å². The summed E-state index contributed by atoms with van der Waals surface area (Å²) in [6.07, 6.45) is -1.88. The lowest BCUT2D eigenvalue weighted by Crippen LogP contribution is -2.22. The first-order valence-electron chi connectivity index (χ1n) is 6.20. The molecule has 0 aromatic heterocycles. The molecule has 1 aromatic rings. The van der Waals surface area contributed by atoms with Crippen LogP contribution in [0.1, 0.15) is 31.9 Å². The maximum absolute atomic E-state index is 12.0. The Morgan fingerprint density at radius 2 is 1.89 bits per heavy atom. The molecule has 0 heterocycles. The summed E-state index contributed by atoms with van der Waals surface area (Å²) in [7, 11) is -3.39. The number of rotatable bonds is 6. The molecule has 0 aliphatic carbocycles. The van der Waals surface area contributed by atoms with Gasteiger partial charge in [-0.05, 0) is 44.5 Å². The number of sulfone groups is 1. The normalized spacial score (nSPS) is 15.5. The minimum Gasteiger partial charge on any atom is -0.390 e. The Morgan fingerprint density at radius 3 is 2.42 bits per heavy atom. The number of aliphatic hydroxyl groups excluding tert-OH is 2. The molecular formula is C13H21NO4S. The lowest BCUT2D eigenvalue weighted by atomic mass is 10.0. The van der Waals surface area contributed by atoms with E-state index in [9.17, 15) is 18.6 Å². The van der Waals surface area contributed by atoms with Crippen LogP contribution in [0.25, 0.3) is 0 Å². The summed E-state index contributed by atoms with van der Waals surface area (Å²) >= 11 is 0. The van der Waals surface area contributed by atoms with Crippen LogP contribution in [0, 0.1) is 0 Å². The van der Waals surface area contributed by atoms with E-state index >= 15 is 0 Å². The van der Waals surface area contributed by atoms with Gasteiger partial charge in [0.1, 0.15) is 6.10 Å². The molecule has 0 bridgehead atoms. The lowest BCUT2D eigenvalue weighted by molar-refractivity contribution is 0.0149. The summed E-state index contributed by atoms with van der Waals surface area (Å²) in [5.74, 6) is 0. The number of nitrogens with two attached hydrogens (primary N) is 1. The second kappa shape index (κ2) is 6.47. The van der Waals surface area contributed by atoms with E-state index in [-0.39, 0.29) is 17.9 Å². The third-order valence-corrected chi connectivity index (χ3v) is 5.13. The number of hydrogen-bond acceptors (Lipinski definition) is 5. The topological polar surface area (TPSA) is 101 Å². The van der Waals surface area contributed by atoms with E-state index in [0.717, 1.165) is 0 Å². The van der Waals surface area contributed by atoms with Crippen LogP contribution in [0.3, 0.4) is 0 Å². The SMILES string of the molecule is CC(C)S(=O)(=O)c1cccc(C(O)C(O)CCN)c1. The molecule has 5 nitrogen and oxygen atoms in total. The van der Waals surface area contributed by atoms with Gasteiger partial charge in [-0.15, -0.1) is 0 Å². The molecule has 0 amide bonds. The van der Waals surface area contributed by atoms with Gasteiger partial charge in [-0.1, -0.05) is 12.1 Å². The van der Waals surface area contributed by atoms with Gasteiger partial charge in [0.15, 0.2) is 9.84 Å². The Bertz CT molecular complexity index is 513. The summed E-state index contributed by atoms with van der Waals surface area (Å²) < 4.78 is 24.1. The quantitative estimate of drug-likeness (QED) is 0.712.